The molecule has 0 unspecified atom stereocenters. The lowest BCUT2D eigenvalue weighted by Gasteiger charge is -2.28. The van der Waals surface area contributed by atoms with E-state index in [2.05, 4.69) is 33.9 Å². The highest BCUT2D eigenvalue weighted by Crippen LogP contribution is 2.19. The first kappa shape index (κ1) is 22.2. The van der Waals surface area contributed by atoms with Gasteiger partial charge in [-0.2, -0.15) is 0 Å². The Morgan fingerprint density at radius 2 is 1.89 bits per heavy atom. The lowest BCUT2D eigenvalue weighted by Crippen LogP contribution is -2.44. The highest BCUT2D eigenvalue weighted by Gasteiger charge is 2.14. The smallest absolute Gasteiger partial charge is 0.253 e. The summed E-state index contributed by atoms with van der Waals surface area (Å²) in [5.74, 6) is 0.801. The van der Waals surface area contributed by atoms with Crippen LogP contribution in [0.25, 0.3) is 10.9 Å². The molecule has 0 aliphatic heterocycles. The molecule has 0 saturated heterocycles. The van der Waals surface area contributed by atoms with E-state index >= 15 is 0 Å². The minimum Gasteiger partial charge on any atom is -0.494 e. The average Bonchev–Trinajstić information content (AvgIpc) is 2.68. The Bertz CT molecular complexity index is 833. The Balaban J connectivity index is 2.27. The molecule has 7 heteroatoms. The highest BCUT2D eigenvalue weighted by molar-refractivity contribution is 7.80. The van der Waals surface area contributed by atoms with E-state index in [1.807, 2.05) is 38.1 Å². The Labute approximate surface area is 172 Å². The summed E-state index contributed by atoms with van der Waals surface area (Å²) in [5.41, 5.74) is 1.42. The van der Waals surface area contributed by atoms with Gasteiger partial charge in [0.15, 0.2) is 5.11 Å². The van der Waals surface area contributed by atoms with Crippen molar-refractivity contribution in [2.45, 2.75) is 34.2 Å². The van der Waals surface area contributed by atoms with Crippen molar-refractivity contribution >= 4 is 28.2 Å². The summed E-state index contributed by atoms with van der Waals surface area (Å²) in [6.07, 6.45) is 0. The van der Waals surface area contributed by atoms with E-state index in [0.717, 1.165) is 49.4 Å². The molecule has 2 rings (SSSR count). The van der Waals surface area contributed by atoms with E-state index in [0.29, 0.717) is 23.8 Å². The monoisotopic (exact) mass is 404 g/mol. The van der Waals surface area contributed by atoms with Gasteiger partial charge in [0.2, 0.25) is 0 Å². The molecule has 0 saturated carbocycles. The maximum Gasteiger partial charge on any atom is 0.253 e. The number of pyridine rings is 1. The van der Waals surface area contributed by atoms with E-state index in [9.17, 15) is 4.79 Å². The van der Waals surface area contributed by atoms with Gasteiger partial charge in [-0.25, -0.2) is 0 Å². The molecular weight excluding hydrogens is 372 g/mol. The number of aromatic nitrogens is 1. The van der Waals surface area contributed by atoms with Crippen molar-refractivity contribution in [2.75, 3.05) is 39.3 Å². The zero-order valence-electron chi connectivity index (χ0n) is 17.4. The fraction of sp³-hybridized carbons (Fsp3) is 0.524. The van der Waals surface area contributed by atoms with Gasteiger partial charge in [0.25, 0.3) is 5.56 Å². The van der Waals surface area contributed by atoms with Gasteiger partial charge >= 0.3 is 0 Å². The molecule has 1 aromatic heterocycles. The van der Waals surface area contributed by atoms with Crippen LogP contribution in [0.5, 0.6) is 5.75 Å². The van der Waals surface area contributed by atoms with Crippen molar-refractivity contribution < 1.29 is 4.74 Å². The quantitative estimate of drug-likeness (QED) is 0.594. The Hall–Kier alpha value is -2.12. The predicted molar refractivity (Wildman–Crippen MR) is 120 cm³/mol. The largest absolute Gasteiger partial charge is 0.494 e. The topological polar surface area (TPSA) is 60.6 Å². The van der Waals surface area contributed by atoms with Crippen molar-refractivity contribution in [3.8, 4) is 5.75 Å². The molecule has 1 heterocycles. The number of hydrogen-bond donors (Lipinski definition) is 2. The lowest BCUT2D eigenvalue weighted by atomic mass is 10.1. The lowest BCUT2D eigenvalue weighted by molar-refractivity contribution is 0.263. The SMILES string of the molecule is CCNC(=S)N(CCN(CC)CC)Cc1cc2cc(OCC)ccc2[nH]c1=O. The van der Waals surface area contributed by atoms with Crippen molar-refractivity contribution in [3.05, 3.63) is 40.2 Å². The molecule has 0 fully saturated rings. The van der Waals surface area contributed by atoms with Gasteiger partial charge < -0.3 is 24.8 Å². The van der Waals surface area contributed by atoms with Gasteiger partial charge in [0.1, 0.15) is 5.75 Å². The van der Waals surface area contributed by atoms with Gasteiger partial charge in [-0.3, -0.25) is 4.79 Å². The molecule has 0 bridgehead atoms. The van der Waals surface area contributed by atoms with Gasteiger partial charge in [-0.15, -0.1) is 0 Å². The van der Waals surface area contributed by atoms with Crippen LogP contribution in [0.2, 0.25) is 0 Å². The molecule has 0 atom stereocenters. The van der Waals surface area contributed by atoms with Crippen molar-refractivity contribution in [2.24, 2.45) is 0 Å². The summed E-state index contributed by atoms with van der Waals surface area (Å²) >= 11 is 5.56. The molecule has 0 aliphatic rings. The number of nitrogens with zero attached hydrogens (tertiary/aromatic N) is 2. The maximum atomic E-state index is 12.6. The summed E-state index contributed by atoms with van der Waals surface area (Å²) in [5, 5.41) is 4.85. The molecule has 2 N–H and O–H groups in total. The molecule has 28 heavy (non-hydrogen) atoms. The fourth-order valence-electron chi connectivity index (χ4n) is 3.13. The first-order valence-electron chi connectivity index (χ1n) is 10.1. The second-order valence-corrected chi connectivity index (χ2v) is 6.98. The van der Waals surface area contributed by atoms with Crippen LogP contribution < -0.4 is 15.6 Å². The summed E-state index contributed by atoms with van der Waals surface area (Å²) in [6, 6.07) is 7.65. The van der Waals surface area contributed by atoms with Crippen molar-refractivity contribution in [1.82, 2.24) is 20.1 Å². The molecule has 1 aromatic carbocycles. The number of nitrogens with one attached hydrogen (secondary N) is 2. The van der Waals surface area contributed by atoms with E-state index in [-0.39, 0.29) is 5.56 Å². The standard InChI is InChI=1S/C21H32N4O2S/c1-5-22-21(28)25(12-11-24(6-2)7-3)15-17-13-16-14-18(27-8-4)9-10-19(16)23-20(17)26/h9-10,13-14H,5-8,11-12,15H2,1-4H3,(H,22,28)(H,23,26). The number of thiocarbonyl (C=S) groups is 1. The molecule has 0 spiro atoms. The van der Waals surface area contributed by atoms with Gasteiger partial charge in [-0.1, -0.05) is 13.8 Å². The predicted octanol–water partition coefficient (Wildman–Crippen LogP) is 2.97. The summed E-state index contributed by atoms with van der Waals surface area (Å²) < 4.78 is 5.59. The van der Waals surface area contributed by atoms with Crippen molar-refractivity contribution in [3.63, 3.8) is 0 Å². The van der Waals surface area contributed by atoms with Crippen LogP contribution in [-0.4, -0.2) is 59.2 Å². The first-order valence-corrected chi connectivity index (χ1v) is 10.5. The number of fused-ring (bicyclic) bond motifs is 1. The van der Waals surface area contributed by atoms with E-state index in [1.54, 1.807) is 0 Å². The van der Waals surface area contributed by atoms with Crippen LogP contribution in [0, 0.1) is 0 Å². The van der Waals surface area contributed by atoms with Crippen LogP contribution in [0.1, 0.15) is 33.3 Å². The minimum absolute atomic E-state index is 0.0798. The van der Waals surface area contributed by atoms with Gasteiger partial charge in [-0.05, 0) is 63.4 Å². The van der Waals surface area contributed by atoms with E-state index in [1.165, 1.54) is 0 Å². The number of ether oxygens (including phenoxy) is 1. The van der Waals surface area contributed by atoms with Crippen molar-refractivity contribution in [1.29, 1.82) is 0 Å². The number of rotatable bonds is 10. The van der Waals surface area contributed by atoms with E-state index < -0.39 is 0 Å². The van der Waals surface area contributed by atoms with Crippen LogP contribution in [-0.2, 0) is 6.54 Å². The number of H-pyrrole nitrogens is 1. The third-order valence-electron chi connectivity index (χ3n) is 4.76. The second kappa shape index (κ2) is 11.0. The molecule has 154 valence electrons. The molecule has 6 nitrogen and oxygen atoms in total. The highest BCUT2D eigenvalue weighted by atomic mass is 32.1. The average molecular weight is 405 g/mol. The van der Waals surface area contributed by atoms with Gasteiger partial charge in [0.05, 0.1) is 13.2 Å². The third kappa shape index (κ3) is 5.94. The third-order valence-corrected chi connectivity index (χ3v) is 5.16. The normalized spacial score (nSPS) is 11.0. The number of benzene rings is 1. The molecular formula is C21H32N4O2S. The Morgan fingerprint density at radius 3 is 2.54 bits per heavy atom. The van der Waals surface area contributed by atoms with Crippen LogP contribution in [0.3, 0.4) is 0 Å². The summed E-state index contributed by atoms with van der Waals surface area (Å²) in [4.78, 5) is 20.0. The molecule has 0 amide bonds. The molecule has 0 radical (unpaired) electrons. The number of hydrogen-bond acceptors (Lipinski definition) is 4. The molecule has 2 aromatic rings. The second-order valence-electron chi connectivity index (χ2n) is 6.59. The number of aromatic amines is 1. The zero-order chi connectivity index (χ0) is 20.5. The van der Waals surface area contributed by atoms with E-state index in [4.69, 9.17) is 17.0 Å². The van der Waals surface area contributed by atoms with Gasteiger partial charge in [0, 0.05) is 36.1 Å². The van der Waals surface area contributed by atoms with Crippen LogP contribution >= 0.6 is 12.2 Å². The molecule has 0 aliphatic carbocycles. The fourth-order valence-corrected chi connectivity index (χ4v) is 3.43. The zero-order valence-corrected chi connectivity index (χ0v) is 18.2. The summed E-state index contributed by atoms with van der Waals surface area (Å²) in [6.45, 7) is 13.8. The summed E-state index contributed by atoms with van der Waals surface area (Å²) in [7, 11) is 0. The number of likely N-dealkylation sites (N-methyl/N-ethyl adjacent to an activating group) is 1. The van der Waals surface area contributed by atoms with Crippen LogP contribution in [0.15, 0.2) is 29.1 Å². The van der Waals surface area contributed by atoms with Crippen LogP contribution in [0.4, 0.5) is 0 Å². The Kier molecular flexibility index (Phi) is 8.73. The maximum absolute atomic E-state index is 12.6. The minimum atomic E-state index is -0.0798. The Morgan fingerprint density at radius 1 is 1.14 bits per heavy atom. The first-order chi connectivity index (χ1) is 13.5.